The Morgan fingerprint density at radius 2 is 1.83 bits per heavy atom. The number of piperidine rings is 1. The molecule has 1 aromatic heterocycles. The van der Waals surface area contributed by atoms with Gasteiger partial charge in [-0.15, -0.1) is 0 Å². The number of carbonyl (C=O) groups is 2. The molecule has 1 unspecified atom stereocenters. The van der Waals surface area contributed by atoms with E-state index in [1.54, 1.807) is 19.1 Å². The number of ether oxygens (including phenoxy) is 1. The number of carboxylic acids is 1. The van der Waals surface area contributed by atoms with Crippen molar-refractivity contribution in [1.82, 2.24) is 9.97 Å². The predicted molar refractivity (Wildman–Crippen MR) is 134 cm³/mol. The average molecular weight is 500 g/mol. The van der Waals surface area contributed by atoms with Crippen LogP contribution in [0, 0.1) is 22.0 Å². The van der Waals surface area contributed by atoms with Crippen molar-refractivity contribution in [1.29, 1.82) is 0 Å². The molecule has 0 aliphatic carbocycles. The van der Waals surface area contributed by atoms with Gasteiger partial charge in [-0.25, -0.2) is 14.8 Å². The molecule has 1 atom stereocenters. The highest BCUT2D eigenvalue weighted by Crippen LogP contribution is 2.38. The van der Waals surface area contributed by atoms with Gasteiger partial charge >= 0.3 is 17.6 Å². The van der Waals surface area contributed by atoms with Crippen molar-refractivity contribution in [3.05, 3.63) is 51.8 Å². The zero-order valence-corrected chi connectivity index (χ0v) is 21.1. The van der Waals surface area contributed by atoms with Gasteiger partial charge in [-0.1, -0.05) is 26.0 Å². The summed E-state index contributed by atoms with van der Waals surface area (Å²) in [5.74, 6) is -0.886. The Morgan fingerprint density at radius 3 is 2.36 bits per heavy atom. The lowest BCUT2D eigenvalue weighted by Gasteiger charge is -2.34. The molecule has 0 amide bonds. The monoisotopic (exact) mass is 499 g/mol. The van der Waals surface area contributed by atoms with Gasteiger partial charge in [0.05, 0.1) is 23.0 Å². The third-order valence-electron chi connectivity index (χ3n) is 6.66. The first kappa shape index (κ1) is 26.8. The number of anilines is 2. The Balaban J connectivity index is 1.95. The number of hydrogen-bond acceptors (Lipinski definition) is 9. The first-order chi connectivity index (χ1) is 17.1. The molecule has 0 spiro atoms. The van der Waals surface area contributed by atoms with E-state index < -0.39 is 10.9 Å². The van der Waals surface area contributed by atoms with Gasteiger partial charge in [0.1, 0.15) is 6.33 Å². The van der Waals surface area contributed by atoms with Crippen molar-refractivity contribution >= 4 is 29.3 Å². The van der Waals surface area contributed by atoms with E-state index in [1.165, 1.54) is 18.5 Å². The fourth-order valence-electron chi connectivity index (χ4n) is 4.27. The third-order valence-corrected chi connectivity index (χ3v) is 6.66. The van der Waals surface area contributed by atoms with Gasteiger partial charge in [-0.05, 0) is 50.3 Å². The minimum absolute atomic E-state index is 0.111. The van der Waals surface area contributed by atoms with Crippen molar-refractivity contribution in [2.75, 3.05) is 29.5 Å². The van der Waals surface area contributed by atoms with E-state index in [4.69, 9.17) is 4.74 Å². The van der Waals surface area contributed by atoms with Crippen LogP contribution >= 0.6 is 0 Å². The summed E-state index contributed by atoms with van der Waals surface area (Å²) in [7, 11) is 0. The largest absolute Gasteiger partial charge is 0.478 e. The Kier molecular flexibility index (Phi) is 8.78. The maximum atomic E-state index is 12.3. The summed E-state index contributed by atoms with van der Waals surface area (Å²) in [6.07, 6.45) is 2.39. The van der Waals surface area contributed by atoms with Crippen LogP contribution < -0.4 is 9.80 Å². The third kappa shape index (κ3) is 6.07. The Morgan fingerprint density at radius 1 is 1.19 bits per heavy atom. The molecule has 0 saturated carbocycles. The van der Waals surface area contributed by atoms with E-state index in [1.807, 2.05) is 30.6 Å². The molecule has 1 aliphatic heterocycles. The minimum atomic E-state index is -1.02. The van der Waals surface area contributed by atoms with Gasteiger partial charge in [0.25, 0.3) is 0 Å². The number of carboxylic acid groups (broad SMARTS) is 1. The molecule has 1 aliphatic rings. The number of nitro groups is 1. The van der Waals surface area contributed by atoms with Crippen molar-refractivity contribution in [2.45, 2.75) is 53.1 Å². The topological polar surface area (TPSA) is 139 Å². The molecule has 2 heterocycles. The molecule has 194 valence electrons. The van der Waals surface area contributed by atoms with Gasteiger partial charge < -0.3 is 19.6 Å². The highest BCUT2D eigenvalue weighted by Gasteiger charge is 2.35. The zero-order valence-electron chi connectivity index (χ0n) is 21.1. The van der Waals surface area contributed by atoms with Crippen molar-refractivity contribution < 1.29 is 24.4 Å². The van der Waals surface area contributed by atoms with Gasteiger partial charge in [0.2, 0.25) is 11.6 Å². The maximum Gasteiger partial charge on any atom is 0.353 e. The molecule has 2 aromatic rings. The van der Waals surface area contributed by atoms with Gasteiger partial charge in [0, 0.05) is 25.7 Å². The first-order valence-electron chi connectivity index (χ1n) is 12.1. The number of carbonyl (C=O) groups excluding carboxylic acids is 1. The predicted octanol–water partition coefficient (Wildman–Crippen LogP) is 3.91. The SMILES string of the molecule is CCOC(=O)C1CCN(c2ncnc(N(Cc3ccc(C(=O)O)cc3)C(C)C(C)C)c2[N+](=O)[O-])CC1. The Bertz CT molecular complexity index is 1080. The van der Waals surface area contributed by atoms with Crippen molar-refractivity contribution in [2.24, 2.45) is 11.8 Å². The van der Waals surface area contributed by atoms with Gasteiger partial charge in [-0.3, -0.25) is 14.9 Å². The number of nitrogens with zero attached hydrogens (tertiary/aromatic N) is 5. The Hall–Kier alpha value is -3.76. The van der Waals surface area contributed by atoms with Crippen LogP contribution in [-0.4, -0.2) is 57.7 Å². The summed E-state index contributed by atoms with van der Waals surface area (Å²) < 4.78 is 5.13. The highest BCUT2D eigenvalue weighted by molar-refractivity contribution is 5.87. The normalized spacial score (nSPS) is 15.0. The average Bonchev–Trinajstić information content (AvgIpc) is 2.86. The number of hydrogen-bond donors (Lipinski definition) is 1. The molecule has 1 saturated heterocycles. The van der Waals surface area contributed by atoms with Crippen LogP contribution in [0.5, 0.6) is 0 Å². The van der Waals surface area contributed by atoms with E-state index in [-0.39, 0.29) is 46.7 Å². The summed E-state index contributed by atoms with van der Waals surface area (Å²) in [5.41, 5.74) is 0.794. The summed E-state index contributed by atoms with van der Waals surface area (Å²) >= 11 is 0. The van der Waals surface area contributed by atoms with Crippen molar-refractivity contribution in [3.63, 3.8) is 0 Å². The summed E-state index contributed by atoms with van der Waals surface area (Å²) in [4.78, 5) is 47.6. The molecule has 0 bridgehead atoms. The molecule has 0 radical (unpaired) electrons. The fraction of sp³-hybridized carbons (Fsp3) is 0.520. The Labute approximate surface area is 210 Å². The van der Waals surface area contributed by atoms with Crippen LogP contribution in [0.3, 0.4) is 0 Å². The van der Waals surface area contributed by atoms with E-state index in [2.05, 4.69) is 9.97 Å². The van der Waals surface area contributed by atoms with E-state index in [0.717, 1.165) is 5.56 Å². The number of esters is 1. The number of rotatable bonds is 10. The van der Waals surface area contributed by atoms with Crippen LogP contribution in [0.2, 0.25) is 0 Å². The highest BCUT2D eigenvalue weighted by atomic mass is 16.6. The lowest BCUT2D eigenvalue weighted by molar-refractivity contribution is -0.383. The zero-order chi connectivity index (χ0) is 26.4. The quantitative estimate of drug-likeness (QED) is 0.291. The summed E-state index contributed by atoms with van der Waals surface area (Å²) in [6, 6.07) is 6.34. The van der Waals surface area contributed by atoms with Crippen LogP contribution in [0.1, 0.15) is 56.5 Å². The summed E-state index contributed by atoms with van der Waals surface area (Å²) in [5, 5.41) is 21.5. The van der Waals surface area contributed by atoms with Crippen LogP contribution in [0.4, 0.5) is 17.3 Å². The first-order valence-corrected chi connectivity index (χ1v) is 12.1. The standard InChI is InChI=1S/C25H33N5O6/c1-5-36-25(33)20-10-12-28(13-11-20)22-21(30(34)35)23(27-15-26-22)29(17(4)16(2)3)14-18-6-8-19(9-7-18)24(31)32/h6-9,15-17,20H,5,10-14H2,1-4H3,(H,31,32). The molecule has 1 N–H and O–H groups in total. The smallest absolute Gasteiger partial charge is 0.353 e. The second-order valence-electron chi connectivity index (χ2n) is 9.25. The fourth-order valence-corrected chi connectivity index (χ4v) is 4.27. The maximum absolute atomic E-state index is 12.3. The lowest BCUT2D eigenvalue weighted by Crippen LogP contribution is -2.39. The second kappa shape index (κ2) is 11.8. The molecular weight excluding hydrogens is 466 g/mol. The molecule has 1 fully saturated rings. The molecule has 36 heavy (non-hydrogen) atoms. The number of aromatic carboxylic acids is 1. The van der Waals surface area contributed by atoms with Crippen LogP contribution in [-0.2, 0) is 16.1 Å². The molecule has 11 heteroatoms. The number of aromatic nitrogens is 2. The van der Waals surface area contributed by atoms with Crippen LogP contribution in [0.25, 0.3) is 0 Å². The van der Waals surface area contributed by atoms with Gasteiger partial charge in [-0.2, -0.15) is 0 Å². The van der Waals surface area contributed by atoms with E-state index in [0.29, 0.717) is 39.1 Å². The lowest BCUT2D eigenvalue weighted by atomic mass is 9.97. The molecule has 1 aromatic carbocycles. The molecule has 11 nitrogen and oxygen atoms in total. The van der Waals surface area contributed by atoms with Crippen molar-refractivity contribution in [3.8, 4) is 0 Å². The molecule has 3 rings (SSSR count). The minimum Gasteiger partial charge on any atom is -0.478 e. The summed E-state index contributed by atoms with van der Waals surface area (Å²) in [6.45, 7) is 9.31. The van der Waals surface area contributed by atoms with E-state index in [9.17, 15) is 24.8 Å². The second-order valence-corrected chi connectivity index (χ2v) is 9.25. The number of benzene rings is 1. The van der Waals surface area contributed by atoms with Crippen LogP contribution in [0.15, 0.2) is 30.6 Å². The van der Waals surface area contributed by atoms with E-state index >= 15 is 0 Å². The molecular formula is C25H33N5O6. The van der Waals surface area contributed by atoms with Gasteiger partial charge in [0.15, 0.2) is 0 Å².